The van der Waals surface area contributed by atoms with Crippen LogP contribution in [0.25, 0.3) is 10.2 Å². The predicted octanol–water partition coefficient (Wildman–Crippen LogP) is 3.04. The topological polar surface area (TPSA) is 62.2 Å². The summed E-state index contributed by atoms with van der Waals surface area (Å²) in [6.45, 7) is 0.406. The molecule has 1 fully saturated rings. The highest BCUT2D eigenvalue weighted by molar-refractivity contribution is 7.18. The Morgan fingerprint density at radius 1 is 1.32 bits per heavy atom. The van der Waals surface area contributed by atoms with E-state index in [2.05, 4.69) is 16.4 Å². The maximum Gasteiger partial charge on any atom is 0.220 e. The molecule has 0 aliphatic heterocycles. The molecule has 1 amide bonds. The highest BCUT2D eigenvalue weighted by atomic mass is 32.1. The number of carbonyl (C=O) groups excluding carboxylic acids is 1. The van der Waals surface area contributed by atoms with E-state index in [1.807, 2.05) is 18.2 Å². The van der Waals surface area contributed by atoms with Crippen molar-refractivity contribution in [1.82, 2.24) is 10.3 Å². The number of hydrogen-bond donors (Lipinski definition) is 2. The maximum atomic E-state index is 11.7. The minimum Gasteiger partial charge on any atom is -0.388 e. The van der Waals surface area contributed by atoms with Gasteiger partial charge in [-0.3, -0.25) is 4.79 Å². The van der Waals surface area contributed by atoms with Crippen LogP contribution in [0.1, 0.15) is 43.5 Å². The van der Waals surface area contributed by atoms with Gasteiger partial charge in [-0.1, -0.05) is 12.1 Å². The number of thiazole rings is 1. The number of hydrogen-bond acceptors (Lipinski definition) is 4. The monoisotopic (exact) mass is 318 g/mol. The summed E-state index contributed by atoms with van der Waals surface area (Å²) in [7, 11) is 0. The second-order valence-corrected chi connectivity index (χ2v) is 7.25. The van der Waals surface area contributed by atoms with Gasteiger partial charge in [-0.15, -0.1) is 11.3 Å². The van der Waals surface area contributed by atoms with Crippen LogP contribution >= 0.6 is 11.3 Å². The molecule has 22 heavy (non-hydrogen) atoms. The molecule has 4 nitrogen and oxygen atoms in total. The Balaban J connectivity index is 1.35. The first-order chi connectivity index (χ1) is 10.6. The normalized spacial score (nSPS) is 16.4. The summed E-state index contributed by atoms with van der Waals surface area (Å²) in [4.78, 5) is 16.3. The average Bonchev–Trinajstić information content (AvgIpc) is 2.90. The molecule has 5 heteroatoms. The molecule has 2 N–H and O–H groups in total. The van der Waals surface area contributed by atoms with Crippen molar-refractivity contribution in [3.05, 3.63) is 29.3 Å². The Morgan fingerprint density at radius 3 is 2.86 bits per heavy atom. The minimum atomic E-state index is -0.628. The molecule has 1 aromatic heterocycles. The lowest BCUT2D eigenvalue weighted by Crippen LogP contribution is -2.47. The molecule has 0 unspecified atom stereocenters. The third-order valence-electron chi connectivity index (χ3n) is 4.28. The van der Waals surface area contributed by atoms with Crippen molar-refractivity contribution in [3.8, 4) is 0 Å². The van der Waals surface area contributed by atoms with Crippen molar-refractivity contribution < 1.29 is 9.90 Å². The Hall–Kier alpha value is -1.46. The van der Waals surface area contributed by atoms with Crippen LogP contribution < -0.4 is 5.32 Å². The SMILES string of the molecule is O=C(CCCCc1nc2ccccc2s1)NCC1(O)CCC1. The quantitative estimate of drug-likeness (QED) is 0.771. The molecule has 1 aliphatic rings. The van der Waals surface area contributed by atoms with Crippen molar-refractivity contribution in [2.75, 3.05) is 6.54 Å². The zero-order valence-corrected chi connectivity index (χ0v) is 13.5. The molecule has 3 rings (SSSR count). The summed E-state index contributed by atoms with van der Waals surface area (Å²) in [5.41, 5.74) is 0.436. The molecule has 1 heterocycles. The third-order valence-corrected chi connectivity index (χ3v) is 5.38. The number of carbonyl (C=O) groups is 1. The molecule has 118 valence electrons. The van der Waals surface area contributed by atoms with Gasteiger partial charge < -0.3 is 10.4 Å². The molecule has 0 atom stereocenters. The molecule has 1 aromatic carbocycles. The third kappa shape index (κ3) is 3.84. The van der Waals surface area contributed by atoms with E-state index in [4.69, 9.17) is 0 Å². The second-order valence-electron chi connectivity index (χ2n) is 6.14. The number of amides is 1. The molecule has 0 saturated heterocycles. The molecular formula is C17H22N2O2S. The number of benzene rings is 1. The van der Waals surface area contributed by atoms with E-state index in [0.29, 0.717) is 13.0 Å². The van der Waals surface area contributed by atoms with Crippen LogP contribution in [0.2, 0.25) is 0 Å². The fourth-order valence-corrected chi connectivity index (χ4v) is 3.71. The van der Waals surface area contributed by atoms with Crippen LogP contribution in [-0.2, 0) is 11.2 Å². The van der Waals surface area contributed by atoms with Crippen molar-refractivity contribution >= 4 is 27.5 Å². The molecule has 0 bridgehead atoms. The fraction of sp³-hybridized carbons (Fsp3) is 0.529. The van der Waals surface area contributed by atoms with Gasteiger partial charge in [-0.05, 0) is 50.7 Å². The fourth-order valence-electron chi connectivity index (χ4n) is 2.70. The lowest BCUT2D eigenvalue weighted by atomic mass is 9.80. The van der Waals surface area contributed by atoms with Crippen LogP contribution in [0, 0.1) is 0 Å². The van der Waals surface area contributed by atoms with Crippen molar-refractivity contribution in [2.24, 2.45) is 0 Å². The van der Waals surface area contributed by atoms with Gasteiger partial charge in [-0.2, -0.15) is 0 Å². The Bertz CT molecular complexity index is 616. The summed E-state index contributed by atoms with van der Waals surface area (Å²) in [5, 5.41) is 13.9. The minimum absolute atomic E-state index is 0.0459. The molecular weight excluding hydrogens is 296 g/mol. The first kappa shape index (κ1) is 15.4. The largest absolute Gasteiger partial charge is 0.388 e. The van der Waals surface area contributed by atoms with Gasteiger partial charge in [-0.25, -0.2) is 4.98 Å². The van der Waals surface area contributed by atoms with Crippen molar-refractivity contribution in [2.45, 2.75) is 50.5 Å². The molecule has 1 aliphatic carbocycles. The average molecular weight is 318 g/mol. The smallest absolute Gasteiger partial charge is 0.220 e. The van der Waals surface area contributed by atoms with E-state index in [1.54, 1.807) is 11.3 Å². The zero-order chi connectivity index (χ0) is 15.4. The Kier molecular flexibility index (Phi) is 4.74. The highest BCUT2D eigenvalue weighted by Gasteiger charge is 2.34. The predicted molar refractivity (Wildman–Crippen MR) is 89.0 cm³/mol. The molecule has 0 spiro atoms. The van der Waals surface area contributed by atoms with Crippen LogP contribution in [0.4, 0.5) is 0 Å². The molecule has 1 saturated carbocycles. The van der Waals surface area contributed by atoms with E-state index in [0.717, 1.165) is 49.0 Å². The number of nitrogens with one attached hydrogen (secondary N) is 1. The van der Waals surface area contributed by atoms with Gasteiger partial charge in [0.05, 0.1) is 20.8 Å². The number of aliphatic hydroxyl groups is 1. The lowest BCUT2D eigenvalue weighted by Gasteiger charge is -2.36. The summed E-state index contributed by atoms with van der Waals surface area (Å²) in [6.07, 6.45) is 5.97. The first-order valence-corrected chi connectivity index (χ1v) is 8.80. The van der Waals surface area contributed by atoms with Gasteiger partial charge in [0.15, 0.2) is 0 Å². The van der Waals surface area contributed by atoms with Crippen LogP contribution in [0.15, 0.2) is 24.3 Å². The van der Waals surface area contributed by atoms with E-state index in [9.17, 15) is 9.90 Å². The van der Waals surface area contributed by atoms with Crippen molar-refractivity contribution in [3.63, 3.8) is 0 Å². The molecule has 0 radical (unpaired) electrons. The number of aryl methyl sites for hydroxylation is 1. The number of unbranched alkanes of at least 4 members (excludes halogenated alkanes) is 1. The van der Waals surface area contributed by atoms with Gasteiger partial charge in [0, 0.05) is 13.0 Å². The van der Waals surface area contributed by atoms with Crippen LogP contribution in [-0.4, -0.2) is 28.1 Å². The maximum absolute atomic E-state index is 11.7. The summed E-state index contributed by atoms with van der Waals surface area (Å²) in [5.74, 6) is 0.0459. The number of rotatable bonds is 7. The second kappa shape index (κ2) is 6.75. The first-order valence-electron chi connectivity index (χ1n) is 7.98. The zero-order valence-electron chi connectivity index (χ0n) is 12.7. The van der Waals surface area contributed by atoms with Crippen LogP contribution in [0.5, 0.6) is 0 Å². The number of aromatic nitrogens is 1. The standard InChI is InChI=1S/C17H22N2O2S/c20-15(18-12-17(21)10-5-11-17)8-3-4-9-16-19-13-6-1-2-7-14(13)22-16/h1-2,6-7,21H,3-5,8-12H2,(H,18,20). The number of para-hydroxylation sites is 1. The Morgan fingerprint density at radius 2 is 2.14 bits per heavy atom. The number of nitrogens with zero attached hydrogens (tertiary/aromatic N) is 1. The van der Waals surface area contributed by atoms with Crippen LogP contribution in [0.3, 0.4) is 0 Å². The highest BCUT2D eigenvalue weighted by Crippen LogP contribution is 2.30. The van der Waals surface area contributed by atoms with E-state index < -0.39 is 5.60 Å². The number of fused-ring (bicyclic) bond motifs is 1. The lowest BCUT2D eigenvalue weighted by molar-refractivity contribution is -0.123. The van der Waals surface area contributed by atoms with E-state index in [-0.39, 0.29) is 5.91 Å². The van der Waals surface area contributed by atoms with Crippen molar-refractivity contribution in [1.29, 1.82) is 0 Å². The van der Waals surface area contributed by atoms with Gasteiger partial charge in [0.1, 0.15) is 0 Å². The van der Waals surface area contributed by atoms with E-state index >= 15 is 0 Å². The van der Waals surface area contributed by atoms with Gasteiger partial charge in [0.25, 0.3) is 0 Å². The summed E-state index contributed by atoms with van der Waals surface area (Å²) in [6, 6.07) is 8.17. The summed E-state index contributed by atoms with van der Waals surface area (Å²) < 4.78 is 1.23. The van der Waals surface area contributed by atoms with Gasteiger partial charge >= 0.3 is 0 Å². The summed E-state index contributed by atoms with van der Waals surface area (Å²) >= 11 is 1.74. The van der Waals surface area contributed by atoms with Gasteiger partial charge in [0.2, 0.25) is 5.91 Å². The van der Waals surface area contributed by atoms with E-state index in [1.165, 1.54) is 4.70 Å². The Labute approximate surface area is 134 Å². The molecule has 2 aromatic rings.